The van der Waals surface area contributed by atoms with Crippen molar-refractivity contribution in [3.8, 4) is 5.75 Å². The van der Waals surface area contributed by atoms with Crippen molar-refractivity contribution in [2.75, 3.05) is 0 Å². The van der Waals surface area contributed by atoms with Crippen LogP contribution in [-0.4, -0.2) is 23.8 Å². The monoisotopic (exact) mass is 547 g/mol. The van der Waals surface area contributed by atoms with Gasteiger partial charge in [-0.3, -0.25) is 4.79 Å². The average molecular weight is 547 g/mol. The summed E-state index contributed by atoms with van der Waals surface area (Å²) < 4.78 is 15.3. The maximum Gasteiger partial charge on any atom is 0.405 e. The van der Waals surface area contributed by atoms with Gasteiger partial charge in [-0.15, -0.1) is 0 Å². The molecule has 2 aromatic carbocycles. The Bertz CT molecular complexity index is 851. The molecule has 0 aliphatic heterocycles. The Morgan fingerprint density at radius 1 is 1.07 bits per heavy atom. The number of hydrogen-bond donors (Lipinski definition) is 1. The van der Waals surface area contributed by atoms with E-state index in [-0.39, 0.29) is 18.0 Å². The minimum Gasteiger partial charge on any atom is -0.463 e. The molecule has 2 rings (SSSR count). The van der Waals surface area contributed by atoms with Gasteiger partial charge in [0.1, 0.15) is 20.6 Å². The zero-order valence-corrected chi connectivity index (χ0v) is 21.2. The van der Waals surface area contributed by atoms with Gasteiger partial charge in [-0.2, -0.15) is 0 Å². The lowest BCUT2D eigenvalue weighted by molar-refractivity contribution is -0.151. The van der Waals surface area contributed by atoms with Crippen LogP contribution >= 0.6 is 30.4 Å². The molecular weight excluding hydrogens is 517 g/mol. The van der Waals surface area contributed by atoms with Crippen molar-refractivity contribution in [3.63, 3.8) is 0 Å². The minimum atomic E-state index is -0.725. The summed E-state index contributed by atoms with van der Waals surface area (Å²) in [7, 11) is 1.30. The molecule has 0 aliphatic carbocycles. The van der Waals surface area contributed by atoms with E-state index in [0.29, 0.717) is 6.42 Å². The van der Waals surface area contributed by atoms with Crippen LogP contribution in [0.5, 0.6) is 5.75 Å². The van der Waals surface area contributed by atoms with Crippen molar-refractivity contribution in [2.45, 2.75) is 59.7 Å². The van der Waals surface area contributed by atoms with Gasteiger partial charge in [-0.05, 0) is 69.5 Å². The van der Waals surface area contributed by atoms with E-state index in [4.69, 9.17) is 14.7 Å². The highest BCUT2D eigenvalue weighted by molar-refractivity contribution is 14.2. The molecule has 0 aliphatic rings. The van der Waals surface area contributed by atoms with Gasteiger partial charge >= 0.3 is 12.1 Å². The highest BCUT2D eigenvalue weighted by atomic mass is 127. The molecule has 1 amide bonds. The maximum absolute atomic E-state index is 11.9. The highest BCUT2D eigenvalue weighted by Gasteiger charge is 2.16. The number of halogens is 1. The number of benzene rings is 2. The summed E-state index contributed by atoms with van der Waals surface area (Å²) in [5, 5.41) is 2.27. The molecule has 0 aromatic heterocycles. The van der Waals surface area contributed by atoms with Gasteiger partial charge in [-0.25, -0.2) is 4.79 Å². The quantitative estimate of drug-likeness (QED) is 0.262. The van der Waals surface area contributed by atoms with Crippen molar-refractivity contribution in [1.29, 1.82) is 0 Å². The van der Waals surface area contributed by atoms with Gasteiger partial charge in [0.15, 0.2) is 0 Å². The fourth-order valence-electron chi connectivity index (χ4n) is 2.58. The van der Waals surface area contributed by atoms with Crippen molar-refractivity contribution in [1.82, 2.24) is 0 Å². The first-order valence-corrected chi connectivity index (χ1v) is 12.9. The summed E-state index contributed by atoms with van der Waals surface area (Å²) in [5.41, 5.74) is 5.40. The van der Waals surface area contributed by atoms with E-state index >= 15 is 0 Å². The third-order valence-electron chi connectivity index (χ3n) is 3.71. The molecule has 166 valence electrons. The van der Waals surface area contributed by atoms with Crippen molar-refractivity contribution < 1.29 is 23.2 Å². The maximum atomic E-state index is 11.9. The molecule has 0 unspecified atom stereocenters. The van der Waals surface area contributed by atoms with Crippen LogP contribution in [0.4, 0.5) is 4.79 Å². The van der Waals surface area contributed by atoms with Crippen LogP contribution in [0.25, 0.3) is 10.8 Å². The predicted octanol–water partition coefficient (Wildman–Crippen LogP) is 6.23. The first kappa shape index (κ1) is 26.4. The van der Waals surface area contributed by atoms with E-state index < -0.39 is 11.7 Å². The summed E-state index contributed by atoms with van der Waals surface area (Å²) in [6.45, 7) is 10.9. The Morgan fingerprint density at radius 3 is 2.17 bits per heavy atom. The molecule has 0 fully saturated rings. The SMILES string of the molecule is CC(C)(C)OC(N)=O.CC(C)OC(=O)[C@H](C)Cc1ccc2cc(OSI)ccc2c1. The Labute approximate surface area is 195 Å². The molecule has 2 aromatic rings. The van der Waals surface area contributed by atoms with Gasteiger partial charge in [0.25, 0.3) is 0 Å². The first-order chi connectivity index (χ1) is 13.9. The number of primary amides is 1. The zero-order valence-electron chi connectivity index (χ0n) is 18.2. The lowest BCUT2D eigenvalue weighted by Crippen LogP contribution is -2.27. The number of hydrogen-bond acceptors (Lipinski definition) is 6. The van der Waals surface area contributed by atoms with E-state index in [1.807, 2.05) is 39.0 Å². The molecule has 6 nitrogen and oxygen atoms in total. The molecular formula is C22H30INO5S. The number of rotatable bonds is 6. The average Bonchev–Trinajstić information content (AvgIpc) is 2.60. The van der Waals surface area contributed by atoms with Crippen LogP contribution in [0.3, 0.4) is 0 Å². The number of esters is 1. The van der Waals surface area contributed by atoms with Gasteiger partial charge in [0.05, 0.1) is 12.0 Å². The Hall–Kier alpha value is -1.68. The van der Waals surface area contributed by atoms with Crippen LogP contribution in [-0.2, 0) is 20.7 Å². The van der Waals surface area contributed by atoms with Crippen molar-refractivity contribution >= 4 is 53.3 Å². The van der Waals surface area contributed by atoms with Gasteiger partial charge < -0.3 is 19.4 Å². The Kier molecular flexibility index (Phi) is 10.8. The number of amides is 1. The Morgan fingerprint density at radius 2 is 1.67 bits per heavy atom. The fraction of sp³-hybridized carbons (Fsp3) is 0.455. The van der Waals surface area contributed by atoms with E-state index in [1.54, 1.807) is 20.8 Å². The van der Waals surface area contributed by atoms with Crippen LogP contribution in [0.2, 0.25) is 0 Å². The van der Waals surface area contributed by atoms with Gasteiger partial charge in [0, 0.05) is 21.2 Å². The Balaban J connectivity index is 0.000000479. The van der Waals surface area contributed by atoms with Crippen molar-refractivity contribution in [3.05, 3.63) is 42.0 Å². The lowest BCUT2D eigenvalue weighted by Gasteiger charge is -2.16. The third-order valence-corrected chi connectivity index (χ3v) is 4.50. The van der Waals surface area contributed by atoms with Crippen LogP contribution in [0, 0.1) is 5.92 Å². The van der Waals surface area contributed by atoms with E-state index in [1.165, 1.54) is 9.21 Å². The van der Waals surface area contributed by atoms with E-state index in [0.717, 1.165) is 22.1 Å². The molecule has 0 heterocycles. The summed E-state index contributed by atoms with van der Waals surface area (Å²) in [4.78, 5) is 21.9. The predicted molar refractivity (Wildman–Crippen MR) is 131 cm³/mol. The molecule has 0 bridgehead atoms. The van der Waals surface area contributed by atoms with Gasteiger partial charge in [0.2, 0.25) is 0 Å². The lowest BCUT2D eigenvalue weighted by atomic mass is 9.98. The second-order valence-electron chi connectivity index (χ2n) is 8.11. The number of carbonyl (C=O) groups is 2. The summed E-state index contributed by atoms with van der Waals surface area (Å²) in [6.07, 6.45) is -0.109. The van der Waals surface area contributed by atoms with Crippen LogP contribution in [0.1, 0.15) is 47.1 Å². The first-order valence-electron chi connectivity index (χ1n) is 9.58. The number of fused-ring (bicyclic) bond motifs is 1. The highest BCUT2D eigenvalue weighted by Crippen LogP contribution is 2.27. The number of nitrogens with two attached hydrogens (primary N) is 1. The van der Waals surface area contributed by atoms with Crippen LogP contribution in [0.15, 0.2) is 36.4 Å². The summed E-state index contributed by atoms with van der Waals surface area (Å²) in [6, 6.07) is 12.3. The molecule has 0 saturated carbocycles. The topological polar surface area (TPSA) is 87.9 Å². The van der Waals surface area contributed by atoms with Gasteiger partial charge in [-0.1, -0.05) is 31.2 Å². The summed E-state index contributed by atoms with van der Waals surface area (Å²) in [5.74, 6) is 0.560. The molecule has 0 spiro atoms. The second-order valence-corrected chi connectivity index (χ2v) is 9.49. The van der Waals surface area contributed by atoms with Crippen LogP contribution < -0.4 is 9.92 Å². The largest absolute Gasteiger partial charge is 0.463 e. The van der Waals surface area contributed by atoms with E-state index in [9.17, 15) is 9.59 Å². The second kappa shape index (κ2) is 12.2. The molecule has 0 saturated heterocycles. The fourth-order valence-corrected chi connectivity index (χ4v) is 3.37. The molecule has 30 heavy (non-hydrogen) atoms. The third kappa shape index (κ3) is 10.4. The molecule has 0 radical (unpaired) electrons. The smallest absolute Gasteiger partial charge is 0.405 e. The zero-order chi connectivity index (χ0) is 22.9. The molecule has 8 heteroatoms. The molecule has 2 N–H and O–H groups in total. The normalized spacial score (nSPS) is 12.0. The van der Waals surface area contributed by atoms with E-state index in [2.05, 4.69) is 44.1 Å². The number of ether oxygens (including phenoxy) is 2. The standard InChI is InChI=1S/C17H19IO3S.C5H11NO2/c1-11(2)20-17(19)12(3)8-13-4-5-15-10-16(21-22-18)7-6-14(15)9-13;1-5(2,3)8-4(6)7/h4-7,9-12H,8H2,1-3H3;1-3H3,(H2,6,7)/t12-;/m1./s1. The minimum absolute atomic E-state index is 0.0688. The number of carbonyl (C=O) groups excluding carboxylic acids is 2. The van der Waals surface area contributed by atoms with Crippen molar-refractivity contribution in [2.24, 2.45) is 11.7 Å². The molecule has 1 atom stereocenters. The summed E-state index contributed by atoms with van der Waals surface area (Å²) >= 11 is 2.10.